The fraction of sp³-hybridized carbons (Fsp3) is 0.455. The predicted molar refractivity (Wildman–Crippen MR) is 120 cm³/mol. The Kier molecular flexibility index (Phi) is 8.34. The fourth-order valence-corrected chi connectivity index (χ4v) is 4.57. The van der Waals surface area contributed by atoms with Gasteiger partial charge in [0.05, 0.1) is 7.11 Å². The average molecular weight is 487 g/mol. The number of benzene rings is 2. The molecule has 152 valence electrons. The molecule has 3 rings (SSSR count). The second kappa shape index (κ2) is 10.7. The van der Waals surface area contributed by atoms with Gasteiger partial charge in [0.25, 0.3) is 0 Å². The quantitative estimate of drug-likeness (QED) is 0.421. The van der Waals surface area contributed by atoms with Crippen molar-refractivity contribution in [1.82, 2.24) is 5.32 Å². The number of ether oxygens (including phenoxy) is 2. The van der Waals surface area contributed by atoms with E-state index in [1.165, 1.54) is 38.5 Å². The van der Waals surface area contributed by atoms with E-state index in [0.717, 1.165) is 15.6 Å². The van der Waals surface area contributed by atoms with Crippen LogP contribution in [0, 0.1) is 0 Å². The minimum Gasteiger partial charge on any atom is -0.493 e. The lowest BCUT2D eigenvalue weighted by molar-refractivity contribution is 0.279. The van der Waals surface area contributed by atoms with E-state index in [-0.39, 0.29) is 6.61 Å². The summed E-state index contributed by atoms with van der Waals surface area (Å²) in [5.74, 6) is 1.41. The van der Waals surface area contributed by atoms with E-state index >= 15 is 0 Å². The Morgan fingerprint density at radius 3 is 2.32 bits per heavy atom. The zero-order valence-corrected chi connectivity index (χ0v) is 19.2. The van der Waals surface area contributed by atoms with E-state index < -0.39 is 0 Å². The average Bonchev–Trinajstić information content (AvgIpc) is 2.96. The van der Waals surface area contributed by atoms with Crippen LogP contribution in [-0.4, -0.2) is 13.2 Å². The Morgan fingerprint density at radius 2 is 1.68 bits per heavy atom. The van der Waals surface area contributed by atoms with E-state index in [2.05, 4.69) is 21.2 Å². The number of methoxy groups -OCH3 is 1. The summed E-state index contributed by atoms with van der Waals surface area (Å²) in [6.07, 6.45) is 7.73. The van der Waals surface area contributed by atoms with Crippen LogP contribution >= 0.6 is 39.1 Å². The predicted octanol–water partition coefficient (Wildman–Crippen LogP) is 7.16. The first-order valence-electron chi connectivity index (χ1n) is 9.74. The summed E-state index contributed by atoms with van der Waals surface area (Å²) < 4.78 is 12.7. The SMILES string of the molecule is COc1ccc(Br)c(CNC2CCCCCC2)c1OCc1c(Cl)cccc1Cl. The van der Waals surface area contributed by atoms with Gasteiger partial charge >= 0.3 is 0 Å². The summed E-state index contributed by atoms with van der Waals surface area (Å²) in [7, 11) is 1.65. The number of hydrogen-bond acceptors (Lipinski definition) is 3. The molecule has 6 heteroatoms. The van der Waals surface area contributed by atoms with Crippen molar-refractivity contribution in [1.29, 1.82) is 0 Å². The molecule has 0 atom stereocenters. The molecule has 0 heterocycles. The molecule has 2 aromatic rings. The lowest BCUT2D eigenvalue weighted by Crippen LogP contribution is -2.28. The van der Waals surface area contributed by atoms with Crippen LogP contribution in [0.5, 0.6) is 11.5 Å². The van der Waals surface area contributed by atoms with E-state index in [4.69, 9.17) is 32.7 Å². The van der Waals surface area contributed by atoms with Crippen molar-refractivity contribution in [3.8, 4) is 11.5 Å². The molecule has 0 radical (unpaired) electrons. The van der Waals surface area contributed by atoms with Crippen LogP contribution in [0.1, 0.15) is 49.7 Å². The molecular weight excluding hydrogens is 461 g/mol. The van der Waals surface area contributed by atoms with Crippen LogP contribution in [0.4, 0.5) is 0 Å². The first kappa shape index (κ1) is 21.8. The summed E-state index contributed by atoms with van der Waals surface area (Å²) in [6, 6.07) is 9.92. The number of halogens is 3. The van der Waals surface area contributed by atoms with Crippen molar-refractivity contribution >= 4 is 39.1 Å². The van der Waals surface area contributed by atoms with Gasteiger partial charge in [-0.05, 0) is 37.1 Å². The highest BCUT2D eigenvalue weighted by Crippen LogP contribution is 2.38. The van der Waals surface area contributed by atoms with Gasteiger partial charge in [-0.15, -0.1) is 0 Å². The third kappa shape index (κ3) is 5.56. The lowest BCUT2D eigenvalue weighted by atomic mass is 10.1. The Labute approximate surface area is 185 Å². The highest BCUT2D eigenvalue weighted by Gasteiger charge is 2.18. The molecule has 0 unspecified atom stereocenters. The van der Waals surface area contributed by atoms with Gasteiger partial charge in [-0.25, -0.2) is 0 Å². The number of nitrogens with one attached hydrogen (secondary N) is 1. The summed E-state index contributed by atoms with van der Waals surface area (Å²) in [6.45, 7) is 0.996. The van der Waals surface area contributed by atoms with Crippen molar-refractivity contribution in [3.05, 3.63) is 56.0 Å². The van der Waals surface area contributed by atoms with Gasteiger partial charge in [0, 0.05) is 38.2 Å². The van der Waals surface area contributed by atoms with Gasteiger partial charge in [-0.3, -0.25) is 0 Å². The van der Waals surface area contributed by atoms with Gasteiger partial charge in [-0.1, -0.05) is 70.9 Å². The Hall–Kier alpha value is -0.940. The van der Waals surface area contributed by atoms with Gasteiger partial charge in [0.2, 0.25) is 0 Å². The molecule has 1 fully saturated rings. The second-order valence-corrected chi connectivity index (χ2v) is 8.78. The second-order valence-electron chi connectivity index (χ2n) is 7.12. The van der Waals surface area contributed by atoms with Crippen molar-refractivity contribution in [2.75, 3.05) is 7.11 Å². The molecule has 1 saturated carbocycles. The van der Waals surface area contributed by atoms with Crippen molar-refractivity contribution in [2.45, 2.75) is 57.7 Å². The molecule has 1 aliphatic rings. The molecule has 1 N–H and O–H groups in total. The normalized spacial score (nSPS) is 15.3. The molecule has 0 aromatic heterocycles. The molecule has 0 aliphatic heterocycles. The third-order valence-electron chi connectivity index (χ3n) is 5.23. The minimum absolute atomic E-state index is 0.280. The molecular formula is C22H26BrCl2NO2. The summed E-state index contributed by atoms with van der Waals surface area (Å²) >= 11 is 16.3. The zero-order chi connectivity index (χ0) is 19.9. The van der Waals surface area contributed by atoms with Crippen molar-refractivity contribution in [3.63, 3.8) is 0 Å². The molecule has 2 aromatic carbocycles. The molecule has 0 spiro atoms. The highest BCUT2D eigenvalue weighted by atomic mass is 79.9. The van der Waals surface area contributed by atoms with Crippen LogP contribution in [0.25, 0.3) is 0 Å². The number of hydrogen-bond donors (Lipinski definition) is 1. The van der Waals surface area contributed by atoms with Gasteiger partial charge in [0.15, 0.2) is 11.5 Å². The maximum atomic E-state index is 6.30. The summed E-state index contributed by atoms with van der Waals surface area (Å²) in [4.78, 5) is 0. The van der Waals surface area contributed by atoms with Crippen LogP contribution in [0.15, 0.2) is 34.8 Å². The monoisotopic (exact) mass is 485 g/mol. The van der Waals surface area contributed by atoms with Crippen LogP contribution < -0.4 is 14.8 Å². The van der Waals surface area contributed by atoms with Crippen LogP contribution in [0.3, 0.4) is 0 Å². The fourth-order valence-electron chi connectivity index (χ4n) is 3.61. The molecule has 0 saturated heterocycles. The zero-order valence-electron chi connectivity index (χ0n) is 16.1. The maximum Gasteiger partial charge on any atom is 0.167 e. The maximum absolute atomic E-state index is 6.30. The Morgan fingerprint density at radius 1 is 1.00 bits per heavy atom. The van der Waals surface area contributed by atoms with Crippen LogP contribution in [-0.2, 0) is 13.2 Å². The van der Waals surface area contributed by atoms with E-state index in [9.17, 15) is 0 Å². The van der Waals surface area contributed by atoms with E-state index in [1.54, 1.807) is 7.11 Å². The third-order valence-corrected chi connectivity index (χ3v) is 6.68. The lowest BCUT2D eigenvalue weighted by Gasteiger charge is -2.21. The highest BCUT2D eigenvalue weighted by molar-refractivity contribution is 9.10. The molecule has 3 nitrogen and oxygen atoms in total. The topological polar surface area (TPSA) is 30.5 Å². The minimum atomic E-state index is 0.280. The smallest absolute Gasteiger partial charge is 0.167 e. The first-order chi connectivity index (χ1) is 13.6. The standard InChI is InChI=1S/C22H26BrCl2NO2/c1-27-21-12-11-18(23)16(13-26-15-7-4-2-3-5-8-15)22(21)28-14-17-19(24)9-6-10-20(17)25/h6,9-12,15,26H,2-5,7-8,13-14H2,1H3. The largest absolute Gasteiger partial charge is 0.493 e. The Bertz CT molecular complexity index is 772. The van der Waals surface area contributed by atoms with Crippen molar-refractivity contribution in [2.24, 2.45) is 0 Å². The van der Waals surface area contributed by atoms with Crippen LogP contribution in [0.2, 0.25) is 10.0 Å². The van der Waals surface area contributed by atoms with Crippen molar-refractivity contribution < 1.29 is 9.47 Å². The van der Waals surface area contributed by atoms with Gasteiger partial charge in [-0.2, -0.15) is 0 Å². The molecule has 28 heavy (non-hydrogen) atoms. The molecule has 0 bridgehead atoms. The molecule has 0 amide bonds. The van der Waals surface area contributed by atoms with Gasteiger partial charge < -0.3 is 14.8 Å². The molecule has 1 aliphatic carbocycles. The van der Waals surface area contributed by atoms with E-state index in [1.807, 2.05) is 30.3 Å². The first-order valence-corrected chi connectivity index (χ1v) is 11.3. The number of rotatable bonds is 7. The van der Waals surface area contributed by atoms with Gasteiger partial charge in [0.1, 0.15) is 6.61 Å². The summed E-state index contributed by atoms with van der Waals surface area (Å²) in [5.41, 5.74) is 1.82. The Balaban J connectivity index is 1.79. The summed E-state index contributed by atoms with van der Waals surface area (Å²) in [5, 5.41) is 4.91. The van der Waals surface area contributed by atoms with E-state index in [0.29, 0.717) is 34.1 Å².